The maximum atomic E-state index is 12.5. The van der Waals surface area contributed by atoms with Crippen LogP contribution in [0.4, 0.5) is 5.00 Å². The number of piperazine rings is 1. The number of amides is 2. The van der Waals surface area contributed by atoms with Gasteiger partial charge in [0.1, 0.15) is 5.00 Å². The maximum absolute atomic E-state index is 12.5. The molecule has 2 rings (SSSR count). The summed E-state index contributed by atoms with van der Waals surface area (Å²) >= 11 is 1.46. The number of aryl methyl sites for hydroxylation is 1. The highest BCUT2D eigenvalue weighted by molar-refractivity contribution is 7.16. The number of hydrogen-bond donors (Lipinski definition) is 2. The highest BCUT2D eigenvalue weighted by atomic mass is 32.1. The van der Waals surface area contributed by atoms with Gasteiger partial charge in [-0.3, -0.25) is 9.59 Å². The van der Waals surface area contributed by atoms with Gasteiger partial charge in [0, 0.05) is 37.0 Å². The SMILES string of the molecule is Cc1cc(C(=O)N2CCNCC2)c(NC(=O)C(C)C)s1. The van der Waals surface area contributed by atoms with Crippen LogP contribution in [0.5, 0.6) is 0 Å². The lowest BCUT2D eigenvalue weighted by molar-refractivity contribution is -0.118. The molecular formula is C14H21N3O2S. The van der Waals surface area contributed by atoms with Crippen LogP contribution in [0.1, 0.15) is 29.1 Å². The third-order valence-corrected chi connectivity index (χ3v) is 4.22. The summed E-state index contributed by atoms with van der Waals surface area (Å²) in [4.78, 5) is 27.2. The molecular weight excluding hydrogens is 274 g/mol. The Labute approximate surface area is 123 Å². The molecule has 1 aromatic heterocycles. The Morgan fingerprint density at radius 2 is 2.00 bits per heavy atom. The van der Waals surface area contributed by atoms with Gasteiger partial charge in [-0.05, 0) is 13.0 Å². The van der Waals surface area contributed by atoms with Crippen molar-refractivity contribution in [3.8, 4) is 0 Å². The third-order valence-electron chi connectivity index (χ3n) is 3.25. The molecule has 1 aliphatic rings. The fourth-order valence-corrected chi connectivity index (χ4v) is 2.97. The summed E-state index contributed by atoms with van der Waals surface area (Å²) in [5, 5.41) is 6.77. The molecule has 0 aromatic carbocycles. The number of nitrogens with one attached hydrogen (secondary N) is 2. The molecule has 0 aliphatic carbocycles. The summed E-state index contributed by atoms with van der Waals surface area (Å²) in [5.41, 5.74) is 0.614. The van der Waals surface area contributed by atoms with Crippen molar-refractivity contribution in [3.05, 3.63) is 16.5 Å². The van der Waals surface area contributed by atoms with Gasteiger partial charge in [-0.1, -0.05) is 13.8 Å². The predicted octanol–water partition coefficient (Wildman–Crippen LogP) is 1.70. The lowest BCUT2D eigenvalue weighted by Gasteiger charge is -2.27. The summed E-state index contributed by atoms with van der Waals surface area (Å²) < 4.78 is 0. The molecule has 2 amide bonds. The van der Waals surface area contributed by atoms with Crippen molar-refractivity contribution >= 4 is 28.2 Å². The van der Waals surface area contributed by atoms with Gasteiger partial charge in [0.2, 0.25) is 5.91 Å². The summed E-state index contributed by atoms with van der Waals surface area (Å²) in [6, 6.07) is 1.87. The average Bonchev–Trinajstić information content (AvgIpc) is 2.79. The normalized spacial score (nSPS) is 15.5. The molecule has 6 heteroatoms. The number of carbonyl (C=O) groups excluding carboxylic acids is 2. The predicted molar refractivity (Wildman–Crippen MR) is 81.3 cm³/mol. The highest BCUT2D eigenvalue weighted by Crippen LogP contribution is 2.29. The number of rotatable bonds is 3. The van der Waals surface area contributed by atoms with Crippen LogP contribution in [0.25, 0.3) is 0 Å². The van der Waals surface area contributed by atoms with Crippen LogP contribution >= 0.6 is 11.3 Å². The number of thiophene rings is 1. The molecule has 0 atom stereocenters. The van der Waals surface area contributed by atoms with Crippen LogP contribution in [-0.2, 0) is 4.79 Å². The molecule has 1 aromatic rings. The van der Waals surface area contributed by atoms with E-state index in [1.807, 2.05) is 31.7 Å². The van der Waals surface area contributed by atoms with E-state index in [9.17, 15) is 9.59 Å². The van der Waals surface area contributed by atoms with E-state index in [-0.39, 0.29) is 17.7 Å². The molecule has 5 nitrogen and oxygen atoms in total. The molecule has 1 fully saturated rings. The second-order valence-corrected chi connectivity index (χ2v) is 6.54. The first-order chi connectivity index (χ1) is 9.49. The van der Waals surface area contributed by atoms with Crippen LogP contribution in [0.3, 0.4) is 0 Å². The van der Waals surface area contributed by atoms with Crippen molar-refractivity contribution in [1.29, 1.82) is 0 Å². The number of anilines is 1. The zero-order chi connectivity index (χ0) is 14.7. The van der Waals surface area contributed by atoms with Crippen molar-refractivity contribution in [2.24, 2.45) is 5.92 Å². The largest absolute Gasteiger partial charge is 0.336 e. The van der Waals surface area contributed by atoms with E-state index in [2.05, 4.69) is 10.6 Å². The Morgan fingerprint density at radius 3 is 2.60 bits per heavy atom. The van der Waals surface area contributed by atoms with Crippen molar-refractivity contribution in [2.75, 3.05) is 31.5 Å². The van der Waals surface area contributed by atoms with Crippen LogP contribution < -0.4 is 10.6 Å². The first kappa shape index (κ1) is 15.0. The molecule has 0 radical (unpaired) electrons. The Balaban J connectivity index is 2.18. The van der Waals surface area contributed by atoms with Crippen LogP contribution in [0, 0.1) is 12.8 Å². The molecule has 1 aliphatic heterocycles. The van der Waals surface area contributed by atoms with E-state index < -0.39 is 0 Å². The highest BCUT2D eigenvalue weighted by Gasteiger charge is 2.23. The minimum Gasteiger partial charge on any atom is -0.336 e. The van der Waals surface area contributed by atoms with E-state index in [4.69, 9.17) is 0 Å². The molecule has 0 spiro atoms. The van der Waals surface area contributed by atoms with Crippen LogP contribution in [-0.4, -0.2) is 42.9 Å². The zero-order valence-corrected chi connectivity index (χ0v) is 13.0. The van der Waals surface area contributed by atoms with Crippen molar-refractivity contribution < 1.29 is 9.59 Å². The van der Waals surface area contributed by atoms with Gasteiger partial charge in [0.25, 0.3) is 5.91 Å². The van der Waals surface area contributed by atoms with Crippen LogP contribution in [0.15, 0.2) is 6.07 Å². The van der Waals surface area contributed by atoms with E-state index in [1.165, 1.54) is 11.3 Å². The molecule has 0 bridgehead atoms. The Morgan fingerprint density at radius 1 is 1.35 bits per heavy atom. The number of nitrogens with zero attached hydrogens (tertiary/aromatic N) is 1. The van der Waals surface area contributed by atoms with E-state index in [1.54, 1.807) is 0 Å². The first-order valence-corrected chi connectivity index (χ1v) is 7.72. The van der Waals surface area contributed by atoms with Gasteiger partial charge in [-0.2, -0.15) is 0 Å². The van der Waals surface area contributed by atoms with Gasteiger partial charge < -0.3 is 15.5 Å². The van der Waals surface area contributed by atoms with Crippen molar-refractivity contribution in [2.45, 2.75) is 20.8 Å². The second-order valence-electron chi connectivity index (χ2n) is 5.29. The molecule has 0 unspecified atom stereocenters. The molecule has 2 N–H and O–H groups in total. The number of hydrogen-bond acceptors (Lipinski definition) is 4. The van der Waals surface area contributed by atoms with E-state index in [0.717, 1.165) is 18.0 Å². The fraction of sp³-hybridized carbons (Fsp3) is 0.571. The lowest BCUT2D eigenvalue weighted by Crippen LogP contribution is -2.46. The molecule has 20 heavy (non-hydrogen) atoms. The Kier molecular flexibility index (Phi) is 4.77. The molecule has 110 valence electrons. The molecule has 1 saturated heterocycles. The van der Waals surface area contributed by atoms with Gasteiger partial charge in [-0.25, -0.2) is 0 Å². The van der Waals surface area contributed by atoms with Gasteiger partial charge in [0.15, 0.2) is 0 Å². The summed E-state index contributed by atoms with van der Waals surface area (Å²) in [7, 11) is 0. The summed E-state index contributed by atoms with van der Waals surface area (Å²) in [6.07, 6.45) is 0. The van der Waals surface area contributed by atoms with Gasteiger partial charge in [-0.15, -0.1) is 11.3 Å². The molecule has 2 heterocycles. The van der Waals surface area contributed by atoms with Crippen molar-refractivity contribution in [1.82, 2.24) is 10.2 Å². The topological polar surface area (TPSA) is 61.4 Å². The third kappa shape index (κ3) is 3.37. The van der Waals surface area contributed by atoms with Gasteiger partial charge in [0.05, 0.1) is 5.56 Å². The average molecular weight is 295 g/mol. The zero-order valence-electron chi connectivity index (χ0n) is 12.2. The standard InChI is InChI=1S/C14H21N3O2S/c1-9(2)12(18)16-13-11(8-10(3)20-13)14(19)17-6-4-15-5-7-17/h8-9,15H,4-7H2,1-3H3,(H,16,18). The van der Waals surface area contributed by atoms with Crippen molar-refractivity contribution in [3.63, 3.8) is 0 Å². The maximum Gasteiger partial charge on any atom is 0.256 e. The monoisotopic (exact) mass is 295 g/mol. The Bertz CT molecular complexity index is 505. The minimum absolute atomic E-state index is 0.00917. The Hall–Kier alpha value is -1.40. The quantitative estimate of drug-likeness (QED) is 0.892. The van der Waals surface area contributed by atoms with Gasteiger partial charge >= 0.3 is 0 Å². The molecule has 0 saturated carbocycles. The summed E-state index contributed by atoms with van der Waals surface area (Å²) in [5.74, 6) is -0.143. The minimum atomic E-state index is -0.0976. The van der Waals surface area contributed by atoms with E-state index >= 15 is 0 Å². The number of carbonyl (C=O) groups is 2. The second kappa shape index (κ2) is 6.37. The smallest absolute Gasteiger partial charge is 0.256 e. The van der Waals surface area contributed by atoms with Crippen LogP contribution in [0.2, 0.25) is 0 Å². The first-order valence-electron chi connectivity index (χ1n) is 6.90. The van der Waals surface area contributed by atoms with E-state index in [0.29, 0.717) is 23.7 Å². The summed E-state index contributed by atoms with van der Waals surface area (Å²) in [6.45, 7) is 8.70. The lowest BCUT2D eigenvalue weighted by atomic mass is 10.2. The fourth-order valence-electron chi connectivity index (χ4n) is 2.06.